The zero-order valence-corrected chi connectivity index (χ0v) is 14.4. The van der Waals surface area contributed by atoms with Crippen LogP contribution in [-0.4, -0.2) is 17.8 Å². The first-order valence-corrected chi connectivity index (χ1v) is 8.28. The fourth-order valence-corrected chi connectivity index (χ4v) is 3.33. The van der Waals surface area contributed by atoms with Gasteiger partial charge in [0.2, 0.25) is 11.8 Å². The van der Waals surface area contributed by atoms with E-state index in [1.54, 1.807) is 30.3 Å². The van der Waals surface area contributed by atoms with Crippen LogP contribution >= 0.6 is 27.3 Å². The number of amides is 1. The first kappa shape index (κ1) is 15.6. The Labute approximate surface area is 144 Å². The summed E-state index contributed by atoms with van der Waals surface area (Å²) in [7, 11) is 0. The number of hydrogen-bond acceptors (Lipinski definition) is 5. The Kier molecular flexibility index (Phi) is 4.40. The van der Waals surface area contributed by atoms with Crippen molar-refractivity contribution in [2.75, 3.05) is 5.32 Å². The number of carbonyl (C=O) groups is 2. The summed E-state index contributed by atoms with van der Waals surface area (Å²) in [5.74, 6) is -0.364. The largest absolute Gasteiger partial charge is 0.402 e. The summed E-state index contributed by atoms with van der Waals surface area (Å²) < 4.78 is 6.19. The molecule has 3 rings (SSSR count). The highest BCUT2D eigenvalue weighted by Gasteiger charge is 2.24. The molecule has 1 amide bonds. The quantitative estimate of drug-likeness (QED) is 0.639. The van der Waals surface area contributed by atoms with Gasteiger partial charge in [-0.1, -0.05) is 0 Å². The van der Waals surface area contributed by atoms with Gasteiger partial charge in [0.25, 0.3) is 0 Å². The number of anilines is 1. The predicted octanol–water partition coefficient (Wildman–Crippen LogP) is 3.81. The third kappa shape index (κ3) is 3.75. The summed E-state index contributed by atoms with van der Waals surface area (Å²) >= 11 is 4.88. The van der Waals surface area contributed by atoms with E-state index < -0.39 is 5.97 Å². The third-order valence-corrected chi connectivity index (χ3v) is 4.52. The first-order valence-electron chi connectivity index (χ1n) is 6.67. The van der Waals surface area contributed by atoms with Crippen molar-refractivity contribution < 1.29 is 14.3 Å². The van der Waals surface area contributed by atoms with Crippen LogP contribution in [0.25, 0.3) is 6.08 Å². The average Bonchev–Trinajstić information content (AvgIpc) is 3.06. The second kappa shape index (κ2) is 6.47. The Morgan fingerprint density at radius 3 is 2.61 bits per heavy atom. The standard InChI is InChI=1S/C16H11BrN2O3S/c1-9(20)18-11-4-2-10(3-5-11)15-19-13(16(21)22-15)8-12-6-7-14(17)23-12/h2-8H,1H3,(H,18,20). The van der Waals surface area contributed by atoms with Gasteiger partial charge in [-0.3, -0.25) is 4.79 Å². The molecule has 23 heavy (non-hydrogen) atoms. The first-order chi connectivity index (χ1) is 11.0. The van der Waals surface area contributed by atoms with Crippen LogP contribution in [0.4, 0.5) is 5.69 Å². The van der Waals surface area contributed by atoms with Gasteiger partial charge in [-0.05, 0) is 58.4 Å². The molecule has 1 aliphatic rings. The van der Waals surface area contributed by atoms with Gasteiger partial charge in [0, 0.05) is 23.1 Å². The Hall–Kier alpha value is -2.25. The molecule has 2 aromatic rings. The van der Waals surface area contributed by atoms with Crippen LogP contribution in [0.3, 0.4) is 0 Å². The maximum atomic E-state index is 11.9. The molecular formula is C16H11BrN2O3S. The van der Waals surface area contributed by atoms with E-state index in [1.807, 2.05) is 12.1 Å². The lowest BCUT2D eigenvalue weighted by atomic mass is 10.2. The molecule has 5 nitrogen and oxygen atoms in total. The molecule has 0 aliphatic carbocycles. The maximum absolute atomic E-state index is 11.9. The number of nitrogens with one attached hydrogen (secondary N) is 1. The number of esters is 1. The minimum Gasteiger partial charge on any atom is -0.402 e. The summed E-state index contributed by atoms with van der Waals surface area (Å²) in [6.45, 7) is 1.44. The molecule has 1 aliphatic heterocycles. The Morgan fingerprint density at radius 1 is 1.26 bits per heavy atom. The van der Waals surface area contributed by atoms with Gasteiger partial charge in [0.1, 0.15) is 0 Å². The van der Waals surface area contributed by atoms with Crippen molar-refractivity contribution in [3.63, 3.8) is 0 Å². The SMILES string of the molecule is CC(=O)Nc1ccc(C2=NC(=Cc3ccc(Br)s3)C(=O)O2)cc1. The maximum Gasteiger partial charge on any atom is 0.363 e. The van der Waals surface area contributed by atoms with Crippen LogP contribution in [0.2, 0.25) is 0 Å². The number of ether oxygens (including phenoxy) is 1. The lowest BCUT2D eigenvalue weighted by molar-refractivity contribution is -0.129. The molecule has 0 atom stereocenters. The lowest BCUT2D eigenvalue weighted by Gasteiger charge is -2.03. The van der Waals surface area contributed by atoms with Gasteiger partial charge in [0.15, 0.2) is 5.70 Å². The Morgan fingerprint density at radius 2 is 2.00 bits per heavy atom. The summed E-state index contributed by atoms with van der Waals surface area (Å²) in [4.78, 5) is 28.1. The van der Waals surface area contributed by atoms with Crippen molar-refractivity contribution in [1.82, 2.24) is 0 Å². The van der Waals surface area contributed by atoms with Crippen LogP contribution in [0, 0.1) is 0 Å². The number of benzene rings is 1. The van der Waals surface area contributed by atoms with Crippen molar-refractivity contribution in [3.8, 4) is 0 Å². The highest BCUT2D eigenvalue weighted by molar-refractivity contribution is 9.11. The van der Waals surface area contributed by atoms with Crippen molar-refractivity contribution in [3.05, 3.63) is 56.3 Å². The average molecular weight is 391 g/mol. The zero-order valence-electron chi connectivity index (χ0n) is 12.0. The van der Waals surface area contributed by atoms with Gasteiger partial charge in [-0.2, -0.15) is 0 Å². The van der Waals surface area contributed by atoms with Crippen molar-refractivity contribution >= 4 is 56.8 Å². The monoisotopic (exact) mass is 390 g/mol. The van der Waals surface area contributed by atoms with E-state index in [2.05, 4.69) is 26.2 Å². The van der Waals surface area contributed by atoms with E-state index in [0.717, 1.165) is 8.66 Å². The van der Waals surface area contributed by atoms with Gasteiger partial charge < -0.3 is 10.1 Å². The third-order valence-electron chi connectivity index (χ3n) is 2.95. The fraction of sp³-hybridized carbons (Fsp3) is 0.0625. The molecule has 1 aromatic heterocycles. The molecule has 0 bridgehead atoms. The number of halogens is 1. The Balaban J connectivity index is 1.83. The Bertz CT molecular complexity index is 837. The van der Waals surface area contributed by atoms with E-state index in [0.29, 0.717) is 11.3 Å². The molecule has 1 N–H and O–H groups in total. The van der Waals surface area contributed by atoms with E-state index in [-0.39, 0.29) is 17.5 Å². The number of thiophene rings is 1. The van der Waals surface area contributed by atoms with E-state index in [9.17, 15) is 9.59 Å². The normalized spacial score (nSPS) is 15.5. The summed E-state index contributed by atoms with van der Waals surface area (Å²) in [6, 6.07) is 10.7. The summed E-state index contributed by atoms with van der Waals surface area (Å²) in [5.41, 5.74) is 1.61. The molecule has 7 heteroatoms. The van der Waals surface area contributed by atoms with Crippen LogP contribution in [-0.2, 0) is 14.3 Å². The van der Waals surface area contributed by atoms with Gasteiger partial charge in [-0.15, -0.1) is 11.3 Å². The van der Waals surface area contributed by atoms with E-state index in [1.165, 1.54) is 18.3 Å². The number of cyclic esters (lactones) is 1. The second-order valence-corrected chi connectivity index (χ2v) is 7.23. The van der Waals surface area contributed by atoms with Crippen molar-refractivity contribution in [2.24, 2.45) is 4.99 Å². The lowest BCUT2D eigenvalue weighted by Crippen LogP contribution is -2.07. The number of carbonyl (C=O) groups excluding carboxylic acids is 2. The summed E-state index contributed by atoms with van der Waals surface area (Å²) in [6.07, 6.45) is 1.69. The number of aliphatic imine (C=N–C) groups is 1. The van der Waals surface area contributed by atoms with Crippen LogP contribution in [0.5, 0.6) is 0 Å². The van der Waals surface area contributed by atoms with Crippen LogP contribution in [0.15, 0.2) is 50.9 Å². The van der Waals surface area contributed by atoms with Crippen molar-refractivity contribution in [1.29, 1.82) is 0 Å². The molecule has 2 heterocycles. The number of nitrogens with zero attached hydrogens (tertiary/aromatic N) is 1. The van der Waals surface area contributed by atoms with E-state index in [4.69, 9.17) is 4.74 Å². The molecule has 0 saturated carbocycles. The van der Waals surface area contributed by atoms with Crippen LogP contribution < -0.4 is 5.32 Å². The second-order valence-electron chi connectivity index (χ2n) is 4.74. The molecule has 0 spiro atoms. The van der Waals surface area contributed by atoms with Crippen LogP contribution in [0.1, 0.15) is 17.4 Å². The molecular weight excluding hydrogens is 380 g/mol. The van der Waals surface area contributed by atoms with Crippen molar-refractivity contribution in [2.45, 2.75) is 6.92 Å². The zero-order chi connectivity index (χ0) is 16.4. The number of rotatable bonds is 3. The smallest absolute Gasteiger partial charge is 0.363 e. The topological polar surface area (TPSA) is 67.8 Å². The fourth-order valence-electron chi connectivity index (χ4n) is 1.97. The van der Waals surface area contributed by atoms with Gasteiger partial charge in [-0.25, -0.2) is 9.79 Å². The molecule has 1 aromatic carbocycles. The molecule has 116 valence electrons. The minimum absolute atomic E-state index is 0.144. The molecule has 0 radical (unpaired) electrons. The highest BCUT2D eigenvalue weighted by atomic mass is 79.9. The van der Waals surface area contributed by atoms with Gasteiger partial charge >= 0.3 is 5.97 Å². The molecule has 0 fully saturated rings. The molecule has 0 saturated heterocycles. The number of hydrogen-bond donors (Lipinski definition) is 1. The molecule has 0 unspecified atom stereocenters. The predicted molar refractivity (Wildman–Crippen MR) is 93.4 cm³/mol. The van der Waals surface area contributed by atoms with Gasteiger partial charge in [0.05, 0.1) is 3.79 Å². The van der Waals surface area contributed by atoms with E-state index >= 15 is 0 Å². The highest BCUT2D eigenvalue weighted by Crippen LogP contribution is 2.26. The minimum atomic E-state index is -0.476. The summed E-state index contributed by atoms with van der Waals surface area (Å²) in [5, 5.41) is 2.67.